The van der Waals surface area contributed by atoms with Crippen LogP contribution in [0, 0.1) is 0 Å². The summed E-state index contributed by atoms with van der Waals surface area (Å²) in [6.07, 6.45) is 3.50. The van der Waals surface area contributed by atoms with Crippen molar-refractivity contribution in [3.05, 3.63) is 12.4 Å². The Morgan fingerprint density at radius 3 is 2.80 bits per heavy atom. The maximum atomic E-state index is 8.91. The predicted octanol–water partition coefficient (Wildman–Crippen LogP) is 1.41. The van der Waals surface area contributed by atoms with Gasteiger partial charge in [-0.2, -0.15) is 0 Å². The van der Waals surface area contributed by atoms with E-state index in [9.17, 15) is 0 Å². The van der Waals surface area contributed by atoms with E-state index in [2.05, 4.69) is 16.9 Å². The zero-order chi connectivity index (χ0) is 11.1. The van der Waals surface area contributed by atoms with Gasteiger partial charge in [0.05, 0.1) is 19.0 Å². The third-order valence-corrected chi connectivity index (χ3v) is 2.75. The van der Waals surface area contributed by atoms with Gasteiger partial charge in [0.1, 0.15) is 10.8 Å². The molecule has 0 spiro atoms. The van der Waals surface area contributed by atoms with E-state index in [1.165, 1.54) is 0 Å². The number of rotatable bonds is 6. The van der Waals surface area contributed by atoms with Crippen molar-refractivity contribution in [3.8, 4) is 0 Å². The van der Waals surface area contributed by atoms with E-state index in [4.69, 9.17) is 5.11 Å². The van der Waals surface area contributed by atoms with Gasteiger partial charge in [-0.15, -0.1) is 11.8 Å². The number of aliphatic hydroxyl groups is 1. The lowest BCUT2D eigenvalue weighted by Gasteiger charge is -2.20. The third kappa shape index (κ3) is 3.68. The molecule has 0 aromatic carbocycles. The Morgan fingerprint density at radius 2 is 2.20 bits per heavy atom. The molecule has 0 amide bonds. The van der Waals surface area contributed by atoms with E-state index in [-0.39, 0.29) is 6.61 Å². The lowest BCUT2D eigenvalue weighted by molar-refractivity contribution is 0.302. The summed E-state index contributed by atoms with van der Waals surface area (Å²) in [7, 11) is 0. The highest BCUT2D eigenvalue weighted by Crippen LogP contribution is 2.17. The molecule has 84 valence electrons. The number of aromatic nitrogens is 2. The van der Waals surface area contributed by atoms with Crippen LogP contribution in [-0.2, 0) is 0 Å². The average molecular weight is 227 g/mol. The van der Waals surface area contributed by atoms with Gasteiger partial charge in [-0.25, -0.2) is 4.98 Å². The van der Waals surface area contributed by atoms with Crippen LogP contribution in [-0.4, -0.2) is 40.5 Å². The van der Waals surface area contributed by atoms with Gasteiger partial charge in [-0.05, 0) is 12.7 Å². The quantitative estimate of drug-likeness (QED) is 0.745. The molecule has 1 N–H and O–H groups in total. The highest BCUT2D eigenvalue weighted by atomic mass is 32.2. The van der Waals surface area contributed by atoms with Crippen molar-refractivity contribution in [1.29, 1.82) is 0 Å². The average Bonchev–Trinajstić information content (AvgIpc) is 2.27. The minimum Gasteiger partial charge on any atom is -0.395 e. The molecule has 1 aromatic rings. The number of thioether (sulfide) groups is 1. The molecular formula is C10H17N3OS. The summed E-state index contributed by atoms with van der Waals surface area (Å²) in [5.41, 5.74) is 0. The van der Waals surface area contributed by atoms with Gasteiger partial charge in [0, 0.05) is 13.1 Å². The van der Waals surface area contributed by atoms with E-state index < -0.39 is 0 Å². The Labute approximate surface area is 94.7 Å². The van der Waals surface area contributed by atoms with E-state index >= 15 is 0 Å². The van der Waals surface area contributed by atoms with Crippen LogP contribution in [0.2, 0.25) is 0 Å². The number of aliphatic hydroxyl groups excluding tert-OH is 1. The van der Waals surface area contributed by atoms with Gasteiger partial charge in [0.2, 0.25) is 0 Å². The summed E-state index contributed by atoms with van der Waals surface area (Å²) >= 11 is 1.67. The van der Waals surface area contributed by atoms with E-state index in [1.54, 1.807) is 24.2 Å². The Balaban J connectivity index is 2.77. The second-order valence-electron chi connectivity index (χ2n) is 2.95. The maximum Gasteiger partial charge on any atom is 0.148 e. The van der Waals surface area contributed by atoms with Crippen LogP contribution in [0.1, 0.15) is 13.8 Å². The first-order valence-corrected chi connectivity index (χ1v) is 6.11. The summed E-state index contributed by atoms with van der Waals surface area (Å²) in [5.74, 6) is 1.83. The summed E-state index contributed by atoms with van der Waals surface area (Å²) in [6, 6.07) is 0. The van der Waals surface area contributed by atoms with Crippen molar-refractivity contribution in [2.45, 2.75) is 18.9 Å². The third-order valence-electron chi connectivity index (χ3n) is 1.97. The first-order chi connectivity index (χ1) is 7.31. The van der Waals surface area contributed by atoms with Crippen LogP contribution in [0.4, 0.5) is 5.82 Å². The van der Waals surface area contributed by atoms with Crippen LogP contribution in [0.3, 0.4) is 0 Å². The van der Waals surface area contributed by atoms with Crippen molar-refractivity contribution in [2.24, 2.45) is 0 Å². The normalized spacial score (nSPS) is 10.3. The Morgan fingerprint density at radius 1 is 1.40 bits per heavy atom. The van der Waals surface area contributed by atoms with Crippen LogP contribution in [0.5, 0.6) is 0 Å². The van der Waals surface area contributed by atoms with Gasteiger partial charge in [-0.1, -0.05) is 6.92 Å². The van der Waals surface area contributed by atoms with Crippen LogP contribution >= 0.6 is 11.8 Å². The monoisotopic (exact) mass is 227 g/mol. The molecule has 0 saturated heterocycles. The van der Waals surface area contributed by atoms with Crippen molar-refractivity contribution < 1.29 is 5.11 Å². The number of hydrogen-bond acceptors (Lipinski definition) is 5. The van der Waals surface area contributed by atoms with Crippen molar-refractivity contribution in [2.75, 3.05) is 30.3 Å². The molecule has 0 aliphatic rings. The first-order valence-electron chi connectivity index (χ1n) is 5.12. The lowest BCUT2D eigenvalue weighted by Crippen LogP contribution is -2.27. The van der Waals surface area contributed by atoms with E-state index in [1.807, 2.05) is 11.8 Å². The standard InChI is InChI=1S/C10H17N3OS/c1-3-13(5-6-14)9-7-11-8-10(12-9)15-4-2/h7-8,14H,3-6H2,1-2H3. The molecule has 0 atom stereocenters. The fourth-order valence-corrected chi connectivity index (χ4v) is 1.85. The molecular weight excluding hydrogens is 210 g/mol. The molecule has 0 bridgehead atoms. The molecule has 1 heterocycles. The zero-order valence-corrected chi connectivity index (χ0v) is 10.00. The molecule has 15 heavy (non-hydrogen) atoms. The SMILES string of the molecule is CCSc1cncc(N(CC)CCO)n1. The predicted molar refractivity (Wildman–Crippen MR) is 63.4 cm³/mol. The Kier molecular flexibility index (Phi) is 5.42. The highest BCUT2D eigenvalue weighted by molar-refractivity contribution is 7.99. The molecule has 1 aromatic heterocycles. The minimum atomic E-state index is 0.140. The van der Waals surface area contributed by atoms with Crippen LogP contribution in [0.25, 0.3) is 0 Å². The van der Waals surface area contributed by atoms with E-state index in [0.717, 1.165) is 23.1 Å². The molecule has 0 aliphatic heterocycles. The van der Waals surface area contributed by atoms with Gasteiger partial charge in [0.15, 0.2) is 0 Å². The minimum absolute atomic E-state index is 0.140. The molecule has 0 saturated carbocycles. The summed E-state index contributed by atoms with van der Waals surface area (Å²) < 4.78 is 0. The zero-order valence-electron chi connectivity index (χ0n) is 9.18. The second-order valence-corrected chi connectivity index (χ2v) is 4.24. The highest BCUT2D eigenvalue weighted by Gasteiger charge is 2.06. The fourth-order valence-electron chi connectivity index (χ4n) is 1.26. The first kappa shape index (κ1) is 12.3. The number of anilines is 1. The van der Waals surface area contributed by atoms with Gasteiger partial charge in [0.25, 0.3) is 0 Å². The van der Waals surface area contributed by atoms with Crippen molar-refractivity contribution >= 4 is 17.6 Å². The molecule has 0 fully saturated rings. The summed E-state index contributed by atoms with van der Waals surface area (Å²) in [5, 5.41) is 9.84. The molecule has 0 aliphatic carbocycles. The molecule has 5 heteroatoms. The molecule has 1 rings (SSSR count). The topological polar surface area (TPSA) is 49.2 Å². The Hall–Kier alpha value is -0.810. The number of nitrogens with zero attached hydrogens (tertiary/aromatic N) is 3. The van der Waals surface area contributed by atoms with Gasteiger partial charge >= 0.3 is 0 Å². The largest absolute Gasteiger partial charge is 0.395 e. The molecule has 0 unspecified atom stereocenters. The van der Waals surface area contributed by atoms with Crippen LogP contribution in [0.15, 0.2) is 17.4 Å². The maximum absolute atomic E-state index is 8.91. The summed E-state index contributed by atoms with van der Waals surface area (Å²) in [4.78, 5) is 10.6. The Bertz CT molecular complexity index is 296. The van der Waals surface area contributed by atoms with Crippen LogP contribution < -0.4 is 4.90 Å². The second kappa shape index (κ2) is 6.63. The van der Waals surface area contributed by atoms with Crippen molar-refractivity contribution in [3.63, 3.8) is 0 Å². The van der Waals surface area contributed by atoms with Gasteiger partial charge < -0.3 is 10.0 Å². The molecule has 0 radical (unpaired) electrons. The number of hydrogen-bond donors (Lipinski definition) is 1. The molecule has 4 nitrogen and oxygen atoms in total. The lowest BCUT2D eigenvalue weighted by atomic mass is 10.5. The van der Waals surface area contributed by atoms with Gasteiger partial charge in [-0.3, -0.25) is 4.98 Å². The fraction of sp³-hybridized carbons (Fsp3) is 0.600. The van der Waals surface area contributed by atoms with E-state index in [0.29, 0.717) is 6.54 Å². The summed E-state index contributed by atoms with van der Waals surface area (Å²) in [6.45, 7) is 5.70. The number of likely N-dealkylation sites (N-methyl/N-ethyl adjacent to an activating group) is 1. The smallest absolute Gasteiger partial charge is 0.148 e. The van der Waals surface area contributed by atoms with Crippen molar-refractivity contribution in [1.82, 2.24) is 9.97 Å².